The van der Waals surface area contributed by atoms with Crippen molar-refractivity contribution < 1.29 is 0 Å². The number of H-pyrrole nitrogens is 1. The maximum atomic E-state index is 12.3. The lowest BCUT2D eigenvalue weighted by Crippen LogP contribution is -2.29. The molecule has 0 atom stereocenters. The Morgan fingerprint density at radius 1 is 1.12 bits per heavy atom. The van der Waals surface area contributed by atoms with E-state index in [0.717, 1.165) is 19.3 Å². The van der Waals surface area contributed by atoms with E-state index in [9.17, 15) is 9.59 Å². The first kappa shape index (κ1) is 17.8. The summed E-state index contributed by atoms with van der Waals surface area (Å²) in [5, 5.41) is 4.60. The van der Waals surface area contributed by atoms with Crippen molar-refractivity contribution in [3.8, 4) is 11.4 Å². The molecule has 0 amide bonds. The van der Waals surface area contributed by atoms with Gasteiger partial charge in [-0.1, -0.05) is 43.7 Å². The summed E-state index contributed by atoms with van der Waals surface area (Å²) in [5.41, 5.74) is 0.705. The van der Waals surface area contributed by atoms with Gasteiger partial charge in [0.15, 0.2) is 11.6 Å². The summed E-state index contributed by atoms with van der Waals surface area (Å²) in [7, 11) is 1.60. The largest absolute Gasteiger partial charge is 0.328 e. The molecule has 2 aromatic heterocycles. The van der Waals surface area contributed by atoms with Gasteiger partial charge in [0.05, 0.1) is 0 Å². The fourth-order valence-electron chi connectivity index (χ4n) is 2.78. The highest BCUT2D eigenvalue weighted by molar-refractivity contribution is 5.52. The van der Waals surface area contributed by atoms with E-state index in [2.05, 4.69) is 34.1 Å². The number of benzene rings is 1. The molecule has 3 aromatic rings. The third-order valence-electron chi connectivity index (χ3n) is 4.27. The van der Waals surface area contributed by atoms with Crippen LogP contribution in [0, 0.1) is 0 Å². The molecule has 136 valence electrons. The molecule has 0 aliphatic rings. The number of aromatic amines is 1. The summed E-state index contributed by atoms with van der Waals surface area (Å²) in [6.07, 6.45) is 5.01. The third kappa shape index (κ3) is 3.99. The number of aromatic nitrogens is 5. The minimum Gasteiger partial charge on any atom is -0.303 e. The Balaban J connectivity index is 1.93. The van der Waals surface area contributed by atoms with Crippen LogP contribution in [0.1, 0.15) is 31.2 Å². The maximum Gasteiger partial charge on any atom is 0.328 e. The summed E-state index contributed by atoms with van der Waals surface area (Å²) in [6, 6.07) is 10.2. The Bertz CT molecular complexity index is 985. The molecule has 0 fully saturated rings. The molecule has 0 aliphatic heterocycles. The molecule has 0 saturated carbocycles. The summed E-state index contributed by atoms with van der Waals surface area (Å²) in [5.74, 6) is 1.21. The van der Waals surface area contributed by atoms with Crippen LogP contribution < -0.4 is 11.2 Å². The number of nitrogens with zero attached hydrogens (tertiary/aromatic N) is 4. The van der Waals surface area contributed by atoms with Crippen molar-refractivity contribution >= 4 is 0 Å². The van der Waals surface area contributed by atoms with Gasteiger partial charge in [-0.25, -0.2) is 14.5 Å². The van der Waals surface area contributed by atoms with Gasteiger partial charge in [0.25, 0.3) is 5.56 Å². The van der Waals surface area contributed by atoms with Crippen molar-refractivity contribution in [3.05, 3.63) is 68.8 Å². The molecule has 7 heteroatoms. The van der Waals surface area contributed by atoms with Crippen LogP contribution in [0.2, 0.25) is 0 Å². The van der Waals surface area contributed by atoms with Crippen molar-refractivity contribution in [2.45, 2.75) is 39.2 Å². The van der Waals surface area contributed by atoms with Crippen molar-refractivity contribution in [3.63, 3.8) is 0 Å². The van der Waals surface area contributed by atoms with Crippen LogP contribution in [0.3, 0.4) is 0 Å². The third-order valence-corrected chi connectivity index (χ3v) is 4.27. The zero-order valence-electron chi connectivity index (χ0n) is 15.1. The molecule has 0 radical (unpaired) electrons. The van der Waals surface area contributed by atoms with E-state index < -0.39 is 11.2 Å². The second-order valence-electron chi connectivity index (χ2n) is 6.33. The van der Waals surface area contributed by atoms with Gasteiger partial charge in [-0.15, -0.1) is 0 Å². The highest BCUT2D eigenvalue weighted by atomic mass is 16.2. The van der Waals surface area contributed by atoms with E-state index >= 15 is 0 Å². The number of nitrogens with one attached hydrogen (secondary N) is 1. The minimum atomic E-state index is -0.442. The summed E-state index contributed by atoms with van der Waals surface area (Å²) >= 11 is 0. The number of rotatable bonds is 7. The average Bonchev–Trinajstić information content (AvgIpc) is 3.05. The van der Waals surface area contributed by atoms with E-state index in [-0.39, 0.29) is 0 Å². The lowest BCUT2D eigenvalue weighted by atomic mass is 10.1. The van der Waals surface area contributed by atoms with Gasteiger partial charge in [-0.2, -0.15) is 5.10 Å². The number of aryl methyl sites for hydroxylation is 4. The molecule has 0 saturated heterocycles. The van der Waals surface area contributed by atoms with Gasteiger partial charge >= 0.3 is 5.69 Å². The van der Waals surface area contributed by atoms with Crippen molar-refractivity contribution in [1.29, 1.82) is 0 Å². The zero-order chi connectivity index (χ0) is 18.5. The van der Waals surface area contributed by atoms with Crippen molar-refractivity contribution in [2.24, 2.45) is 7.05 Å². The molecular weight excluding hydrogens is 330 g/mol. The number of hydrogen-bond donors (Lipinski definition) is 1. The van der Waals surface area contributed by atoms with Gasteiger partial charge in [0.2, 0.25) is 0 Å². The second-order valence-corrected chi connectivity index (χ2v) is 6.33. The van der Waals surface area contributed by atoms with Crippen LogP contribution in [-0.4, -0.2) is 24.3 Å². The number of unbranched alkanes of at least 4 members (excludes halogenated alkanes) is 1. The first-order valence-electron chi connectivity index (χ1n) is 8.86. The van der Waals surface area contributed by atoms with Gasteiger partial charge in [0, 0.05) is 26.2 Å². The Labute approximate surface area is 151 Å². The van der Waals surface area contributed by atoms with E-state index in [0.29, 0.717) is 30.2 Å². The standard InChI is InChI=1S/C19H23N5O2/c1-3-4-12-24-17(15-13-23(2)19(26)21-18(15)25)20-16(22-24)11-10-14-8-6-5-7-9-14/h5-9,13H,3-4,10-12H2,1-2H3,(H,21,25,26). The molecule has 0 aliphatic carbocycles. The molecule has 0 spiro atoms. The second kappa shape index (κ2) is 7.95. The lowest BCUT2D eigenvalue weighted by molar-refractivity contribution is 0.569. The highest BCUT2D eigenvalue weighted by Crippen LogP contribution is 2.14. The minimum absolute atomic E-state index is 0.363. The maximum absolute atomic E-state index is 12.3. The predicted octanol–water partition coefficient (Wildman–Crippen LogP) is 1.92. The number of hydrogen-bond acceptors (Lipinski definition) is 4. The monoisotopic (exact) mass is 353 g/mol. The van der Waals surface area contributed by atoms with E-state index in [1.54, 1.807) is 11.7 Å². The van der Waals surface area contributed by atoms with E-state index in [1.165, 1.54) is 16.3 Å². The molecule has 0 unspecified atom stereocenters. The van der Waals surface area contributed by atoms with Crippen LogP contribution in [0.15, 0.2) is 46.1 Å². The Hall–Kier alpha value is -2.96. The smallest absolute Gasteiger partial charge is 0.303 e. The van der Waals surface area contributed by atoms with Gasteiger partial charge in [-0.05, 0) is 18.4 Å². The Kier molecular flexibility index (Phi) is 5.46. The summed E-state index contributed by atoms with van der Waals surface area (Å²) in [6.45, 7) is 2.79. The zero-order valence-corrected chi connectivity index (χ0v) is 15.1. The van der Waals surface area contributed by atoms with Crippen LogP contribution in [0.4, 0.5) is 0 Å². The van der Waals surface area contributed by atoms with Crippen LogP contribution in [0.25, 0.3) is 11.4 Å². The average molecular weight is 353 g/mol. The molecule has 2 heterocycles. The molecule has 1 aromatic carbocycles. The quantitative estimate of drug-likeness (QED) is 0.703. The fourth-order valence-corrected chi connectivity index (χ4v) is 2.78. The van der Waals surface area contributed by atoms with Crippen LogP contribution in [0.5, 0.6) is 0 Å². The summed E-state index contributed by atoms with van der Waals surface area (Å²) in [4.78, 5) is 30.8. The first-order valence-corrected chi connectivity index (χ1v) is 8.86. The highest BCUT2D eigenvalue weighted by Gasteiger charge is 2.16. The van der Waals surface area contributed by atoms with Gasteiger partial charge in [0.1, 0.15) is 5.56 Å². The molecular formula is C19H23N5O2. The van der Waals surface area contributed by atoms with Crippen molar-refractivity contribution in [2.75, 3.05) is 0 Å². The summed E-state index contributed by atoms with van der Waals surface area (Å²) < 4.78 is 3.12. The van der Waals surface area contributed by atoms with E-state index in [1.807, 2.05) is 18.2 Å². The molecule has 26 heavy (non-hydrogen) atoms. The van der Waals surface area contributed by atoms with Gasteiger partial charge in [-0.3, -0.25) is 9.78 Å². The molecule has 3 rings (SSSR count). The first-order chi connectivity index (χ1) is 12.6. The Morgan fingerprint density at radius 3 is 2.62 bits per heavy atom. The lowest BCUT2D eigenvalue weighted by Gasteiger charge is -2.05. The van der Waals surface area contributed by atoms with Crippen molar-refractivity contribution in [1.82, 2.24) is 24.3 Å². The molecule has 1 N–H and O–H groups in total. The molecule has 0 bridgehead atoms. The van der Waals surface area contributed by atoms with Crippen LogP contribution >= 0.6 is 0 Å². The predicted molar refractivity (Wildman–Crippen MR) is 100 cm³/mol. The molecule has 7 nitrogen and oxygen atoms in total. The van der Waals surface area contributed by atoms with Gasteiger partial charge < -0.3 is 4.57 Å². The van der Waals surface area contributed by atoms with E-state index in [4.69, 9.17) is 0 Å². The topological polar surface area (TPSA) is 85.6 Å². The fraction of sp³-hybridized carbons (Fsp3) is 0.368. The normalized spacial score (nSPS) is 11.0. The Morgan fingerprint density at radius 2 is 1.88 bits per heavy atom. The van der Waals surface area contributed by atoms with Crippen LogP contribution in [-0.2, 0) is 26.4 Å². The SMILES string of the molecule is CCCCn1nc(CCc2ccccc2)nc1-c1cn(C)c(=O)[nH]c1=O.